The van der Waals surface area contributed by atoms with Gasteiger partial charge in [0.05, 0.1) is 17.9 Å². The van der Waals surface area contributed by atoms with Crippen molar-refractivity contribution in [2.24, 2.45) is 0 Å². The number of carbonyl (C=O) groups is 1. The van der Waals surface area contributed by atoms with Crippen LogP contribution in [0.5, 0.6) is 5.75 Å². The smallest absolute Gasteiger partial charge is 0.192 e. The summed E-state index contributed by atoms with van der Waals surface area (Å²) < 4.78 is 7.45. The molecule has 1 aromatic heterocycles. The molecule has 26 heavy (non-hydrogen) atoms. The Morgan fingerprint density at radius 1 is 1.12 bits per heavy atom. The first kappa shape index (κ1) is 18.2. The fraction of sp³-hybridized carbons (Fsp3) is 0.250. The lowest BCUT2D eigenvalue weighted by molar-refractivity contribution is 0.0994. The molecule has 3 rings (SSSR count). The van der Waals surface area contributed by atoms with Crippen LogP contribution < -0.4 is 4.74 Å². The zero-order valence-corrected chi connectivity index (χ0v) is 15.9. The topological polar surface area (TPSA) is 57.0 Å². The Balaban J connectivity index is 1.88. The van der Waals surface area contributed by atoms with Gasteiger partial charge in [-0.2, -0.15) is 0 Å². The number of benzene rings is 2. The van der Waals surface area contributed by atoms with Gasteiger partial charge in [0, 0.05) is 12.1 Å². The zero-order valence-electron chi connectivity index (χ0n) is 15.0. The average molecular weight is 367 g/mol. The second-order valence-corrected chi connectivity index (χ2v) is 7.05. The summed E-state index contributed by atoms with van der Waals surface area (Å²) in [4.78, 5) is 12.6. The Hall–Kier alpha value is -2.60. The maximum absolute atomic E-state index is 12.6. The highest BCUT2D eigenvalue weighted by Crippen LogP contribution is 2.32. The Morgan fingerprint density at radius 2 is 1.81 bits per heavy atom. The van der Waals surface area contributed by atoms with Gasteiger partial charge in [-0.3, -0.25) is 4.79 Å². The number of Topliss-reactive ketones (excluding diaryl/α,β-unsaturated/α-hetero) is 1. The molecule has 0 spiro atoms. The van der Waals surface area contributed by atoms with Crippen LogP contribution >= 0.6 is 11.8 Å². The van der Waals surface area contributed by atoms with Gasteiger partial charge in [0.15, 0.2) is 16.8 Å². The summed E-state index contributed by atoms with van der Waals surface area (Å²) in [5.74, 6) is 1.58. The zero-order chi connectivity index (χ0) is 18.5. The number of ketones is 1. The average Bonchev–Trinajstić information content (AvgIpc) is 3.10. The summed E-state index contributed by atoms with van der Waals surface area (Å²) in [6.45, 7) is 4.64. The summed E-state index contributed by atoms with van der Waals surface area (Å²) in [7, 11) is 1.64. The van der Waals surface area contributed by atoms with E-state index >= 15 is 0 Å². The molecular weight excluding hydrogens is 346 g/mol. The van der Waals surface area contributed by atoms with Crippen molar-refractivity contribution >= 4 is 17.5 Å². The molecule has 0 aliphatic rings. The molecule has 0 fully saturated rings. The number of hydrogen-bond donors (Lipinski definition) is 0. The van der Waals surface area contributed by atoms with Gasteiger partial charge in [-0.25, -0.2) is 0 Å². The van der Waals surface area contributed by atoms with Gasteiger partial charge in [-0.1, -0.05) is 54.2 Å². The van der Waals surface area contributed by atoms with Gasteiger partial charge in [0.25, 0.3) is 0 Å². The van der Waals surface area contributed by atoms with Gasteiger partial charge >= 0.3 is 0 Å². The van der Waals surface area contributed by atoms with Gasteiger partial charge in [0.1, 0.15) is 5.75 Å². The van der Waals surface area contributed by atoms with Gasteiger partial charge < -0.3 is 9.30 Å². The van der Waals surface area contributed by atoms with Crippen molar-refractivity contribution in [3.8, 4) is 17.1 Å². The number of aromatic nitrogens is 3. The van der Waals surface area contributed by atoms with Crippen molar-refractivity contribution in [1.29, 1.82) is 0 Å². The van der Waals surface area contributed by atoms with E-state index in [1.54, 1.807) is 7.11 Å². The summed E-state index contributed by atoms with van der Waals surface area (Å²) in [5, 5.41) is 9.15. The minimum atomic E-state index is -0.252. The molecule has 0 N–H and O–H groups in total. The lowest BCUT2D eigenvalue weighted by Gasteiger charge is -2.12. The van der Waals surface area contributed by atoms with E-state index in [9.17, 15) is 4.79 Å². The van der Waals surface area contributed by atoms with Crippen molar-refractivity contribution in [2.75, 3.05) is 7.11 Å². The molecule has 0 saturated heterocycles. The first-order valence-electron chi connectivity index (χ1n) is 8.48. The number of nitrogens with zero attached hydrogens (tertiary/aromatic N) is 3. The normalized spacial score (nSPS) is 12.0. The highest BCUT2D eigenvalue weighted by Gasteiger charge is 2.22. The van der Waals surface area contributed by atoms with Crippen LogP contribution in [0.25, 0.3) is 11.4 Å². The highest BCUT2D eigenvalue weighted by molar-refractivity contribution is 8.00. The molecule has 3 aromatic rings. The van der Waals surface area contributed by atoms with E-state index in [0.717, 1.165) is 22.3 Å². The lowest BCUT2D eigenvalue weighted by atomic mass is 10.1. The fourth-order valence-electron chi connectivity index (χ4n) is 2.74. The largest absolute Gasteiger partial charge is 0.496 e. The molecule has 134 valence electrons. The van der Waals surface area contributed by atoms with Crippen LogP contribution in [0.1, 0.15) is 24.2 Å². The molecular formula is C20H21N3O2S. The third kappa shape index (κ3) is 3.65. The van der Waals surface area contributed by atoms with Crippen LogP contribution in [0, 0.1) is 0 Å². The van der Waals surface area contributed by atoms with E-state index in [1.807, 2.05) is 73.0 Å². The first-order chi connectivity index (χ1) is 12.7. The summed E-state index contributed by atoms with van der Waals surface area (Å²) in [6.07, 6.45) is 0. The minimum Gasteiger partial charge on any atom is -0.496 e. The van der Waals surface area contributed by atoms with Gasteiger partial charge in [-0.15, -0.1) is 10.2 Å². The molecule has 0 unspecified atom stereocenters. The molecule has 0 radical (unpaired) electrons. The lowest BCUT2D eigenvalue weighted by Crippen LogP contribution is -2.14. The third-order valence-electron chi connectivity index (χ3n) is 4.09. The standard InChI is InChI=1S/C20H21N3O2S/c1-4-23-19(16-12-8-9-13-17(16)25-3)21-22-20(23)26-14(2)18(24)15-10-6-5-7-11-15/h5-14H,4H2,1-3H3/t14-/m1/s1. The molecule has 0 saturated carbocycles. The maximum atomic E-state index is 12.6. The van der Waals surface area contributed by atoms with E-state index < -0.39 is 0 Å². The van der Waals surface area contributed by atoms with Crippen LogP contribution in [-0.4, -0.2) is 32.9 Å². The predicted molar refractivity (Wildman–Crippen MR) is 104 cm³/mol. The molecule has 0 aliphatic heterocycles. The van der Waals surface area contributed by atoms with Crippen LogP contribution in [0.2, 0.25) is 0 Å². The van der Waals surface area contributed by atoms with Gasteiger partial charge in [0.2, 0.25) is 0 Å². The summed E-state index contributed by atoms with van der Waals surface area (Å²) in [5.41, 5.74) is 1.60. The van der Waals surface area contributed by atoms with Crippen molar-refractivity contribution < 1.29 is 9.53 Å². The molecule has 5 nitrogen and oxygen atoms in total. The fourth-order valence-corrected chi connectivity index (χ4v) is 3.73. The Morgan fingerprint density at radius 3 is 2.50 bits per heavy atom. The van der Waals surface area contributed by atoms with Crippen LogP contribution in [0.4, 0.5) is 0 Å². The second-order valence-electron chi connectivity index (χ2n) is 5.74. The van der Waals surface area contributed by atoms with Crippen molar-refractivity contribution in [2.45, 2.75) is 30.8 Å². The van der Waals surface area contributed by atoms with E-state index in [0.29, 0.717) is 12.1 Å². The predicted octanol–water partition coefficient (Wildman–Crippen LogP) is 4.34. The van der Waals surface area contributed by atoms with Gasteiger partial charge in [-0.05, 0) is 26.0 Å². The number of thioether (sulfide) groups is 1. The number of hydrogen-bond acceptors (Lipinski definition) is 5. The summed E-state index contributed by atoms with van der Waals surface area (Å²) >= 11 is 1.43. The highest BCUT2D eigenvalue weighted by atomic mass is 32.2. The van der Waals surface area contributed by atoms with Crippen LogP contribution in [0.3, 0.4) is 0 Å². The molecule has 6 heteroatoms. The number of rotatable bonds is 7. The molecule has 0 aliphatic carbocycles. The van der Waals surface area contributed by atoms with E-state index in [2.05, 4.69) is 10.2 Å². The minimum absolute atomic E-state index is 0.0834. The quantitative estimate of drug-likeness (QED) is 0.459. The van der Waals surface area contributed by atoms with Crippen LogP contribution in [-0.2, 0) is 6.54 Å². The molecule has 0 amide bonds. The summed E-state index contributed by atoms with van der Waals surface area (Å²) in [6, 6.07) is 17.1. The molecule has 1 heterocycles. The number of methoxy groups -OCH3 is 1. The van der Waals surface area contributed by atoms with Crippen LogP contribution in [0.15, 0.2) is 59.8 Å². The van der Waals surface area contributed by atoms with Crippen molar-refractivity contribution in [3.63, 3.8) is 0 Å². The SMILES string of the molecule is CCn1c(S[C@H](C)C(=O)c2ccccc2)nnc1-c1ccccc1OC. The maximum Gasteiger partial charge on any atom is 0.192 e. The third-order valence-corrected chi connectivity index (χ3v) is 5.17. The number of carbonyl (C=O) groups excluding carboxylic acids is 1. The van der Waals surface area contributed by atoms with Crippen molar-refractivity contribution in [3.05, 3.63) is 60.2 Å². The number of para-hydroxylation sites is 1. The molecule has 0 bridgehead atoms. The first-order valence-corrected chi connectivity index (χ1v) is 9.36. The second kappa shape index (κ2) is 8.19. The Kier molecular flexibility index (Phi) is 5.73. The van der Waals surface area contributed by atoms with Crippen molar-refractivity contribution in [1.82, 2.24) is 14.8 Å². The Labute approximate surface area is 157 Å². The monoisotopic (exact) mass is 367 g/mol. The van der Waals surface area contributed by atoms with E-state index in [-0.39, 0.29) is 11.0 Å². The van der Waals surface area contributed by atoms with E-state index in [1.165, 1.54) is 11.8 Å². The van der Waals surface area contributed by atoms with E-state index in [4.69, 9.17) is 4.74 Å². The number of ether oxygens (including phenoxy) is 1. The molecule has 1 atom stereocenters. The molecule has 2 aromatic carbocycles. The Bertz CT molecular complexity index is 893.